The van der Waals surface area contributed by atoms with Crippen molar-refractivity contribution in [3.63, 3.8) is 0 Å². The van der Waals surface area contributed by atoms with Gasteiger partial charge < -0.3 is 9.32 Å². The van der Waals surface area contributed by atoms with Crippen molar-refractivity contribution >= 4 is 60.5 Å². The molecule has 2 nitrogen and oxygen atoms in total. The van der Waals surface area contributed by atoms with E-state index in [1.807, 2.05) is 0 Å². The Morgan fingerprint density at radius 3 is 1.89 bits per heavy atom. The minimum Gasteiger partial charge on any atom is -0.455 e. The monoisotopic (exact) mass is 703 g/mol. The molecule has 0 unspecified atom stereocenters. The van der Waals surface area contributed by atoms with Crippen LogP contribution in [0.3, 0.4) is 0 Å². The highest BCUT2D eigenvalue weighted by molar-refractivity contribution is 6.19. The number of rotatable bonds is 5. The van der Waals surface area contributed by atoms with Crippen LogP contribution in [0.25, 0.3) is 76.9 Å². The van der Waals surface area contributed by atoms with Crippen molar-refractivity contribution < 1.29 is 4.42 Å². The van der Waals surface area contributed by atoms with Crippen LogP contribution in [0, 0.1) is 0 Å². The van der Waals surface area contributed by atoms with Crippen molar-refractivity contribution in [1.29, 1.82) is 0 Å². The molecule has 0 saturated carbocycles. The molecule has 1 aromatic heterocycles. The zero-order valence-corrected chi connectivity index (χ0v) is 30.8. The van der Waals surface area contributed by atoms with Crippen LogP contribution < -0.4 is 4.90 Å². The van der Waals surface area contributed by atoms with E-state index in [-0.39, 0.29) is 5.41 Å². The molecule has 0 spiro atoms. The normalized spacial score (nSPS) is 13.1. The molecule has 0 radical (unpaired) electrons. The first-order chi connectivity index (χ1) is 27.0. The third-order valence-electron chi connectivity index (χ3n) is 11.8. The Labute approximate surface area is 320 Å². The molecule has 0 aliphatic heterocycles. The molecule has 1 aliphatic rings. The molecule has 1 heterocycles. The van der Waals surface area contributed by atoms with Crippen LogP contribution in [0.4, 0.5) is 17.1 Å². The summed E-state index contributed by atoms with van der Waals surface area (Å²) >= 11 is 0. The molecule has 260 valence electrons. The molecular weight excluding hydrogens is 667 g/mol. The topological polar surface area (TPSA) is 16.4 Å². The molecule has 0 bridgehead atoms. The summed E-state index contributed by atoms with van der Waals surface area (Å²) in [5, 5.41) is 7.04. The second-order valence-corrected chi connectivity index (χ2v) is 15.3. The molecule has 1 aliphatic carbocycles. The third-order valence-corrected chi connectivity index (χ3v) is 11.8. The molecule has 0 atom stereocenters. The second-order valence-electron chi connectivity index (χ2n) is 15.3. The Morgan fingerprint density at radius 2 is 1.04 bits per heavy atom. The first-order valence-electron chi connectivity index (χ1n) is 19.1. The van der Waals surface area contributed by atoms with Gasteiger partial charge in [0.1, 0.15) is 11.2 Å². The van der Waals surface area contributed by atoms with Crippen LogP contribution >= 0.6 is 0 Å². The maximum atomic E-state index is 6.87. The van der Waals surface area contributed by atoms with E-state index in [0.29, 0.717) is 0 Å². The van der Waals surface area contributed by atoms with Crippen molar-refractivity contribution in [1.82, 2.24) is 0 Å². The van der Waals surface area contributed by atoms with Crippen LogP contribution in [0.1, 0.15) is 25.0 Å². The summed E-state index contributed by atoms with van der Waals surface area (Å²) < 4.78 is 6.87. The summed E-state index contributed by atoms with van der Waals surface area (Å²) in [6.07, 6.45) is 0. The molecule has 9 aromatic carbocycles. The fourth-order valence-corrected chi connectivity index (χ4v) is 9.04. The number of hydrogen-bond donors (Lipinski definition) is 0. The van der Waals surface area contributed by atoms with Gasteiger partial charge in [-0.15, -0.1) is 0 Å². The number of furan rings is 1. The van der Waals surface area contributed by atoms with Crippen molar-refractivity contribution in [2.75, 3.05) is 4.90 Å². The van der Waals surface area contributed by atoms with E-state index < -0.39 is 0 Å². The maximum absolute atomic E-state index is 6.87. The predicted octanol–water partition coefficient (Wildman–Crippen LogP) is 15.0. The molecule has 0 fully saturated rings. The average molecular weight is 704 g/mol. The van der Waals surface area contributed by atoms with Crippen molar-refractivity contribution in [3.8, 4) is 33.4 Å². The highest BCUT2D eigenvalue weighted by atomic mass is 16.3. The van der Waals surface area contributed by atoms with Gasteiger partial charge in [0.15, 0.2) is 0 Å². The van der Waals surface area contributed by atoms with Gasteiger partial charge in [-0.1, -0.05) is 147 Å². The minimum absolute atomic E-state index is 0.115. The standard InChI is InChI=1S/C53H37NO/c1-53(2)48-19-11-10-18-44(48)45-28-26-42(33-49(45)53)54(40-24-22-36(23-25-40)34-12-4-3-5-13-34)41-27-29-50-46(32-41)47-31-38-16-8-9-17-43(38)51(52(47)55-50)39-21-20-35-14-6-7-15-37(35)30-39/h3-33H,1-2H3. The van der Waals surface area contributed by atoms with Gasteiger partial charge in [-0.2, -0.15) is 0 Å². The number of fused-ring (bicyclic) bond motifs is 8. The van der Waals surface area contributed by atoms with Gasteiger partial charge in [0.25, 0.3) is 0 Å². The largest absolute Gasteiger partial charge is 0.455 e. The Bertz CT molecular complexity index is 3110. The van der Waals surface area contributed by atoms with Gasteiger partial charge in [0, 0.05) is 38.8 Å². The lowest BCUT2D eigenvalue weighted by atomic mass is 9.82. The Balaban J connectivity index is 1.12. The molecule has 10 aromatic rings. The Kier molecular flexibility index (Phi) is 6.93. The fourth-order valence-electron chi connectivity index (χ4n) is 9.04. The van der Waals surface area contributed by atoms with Gasteiger partial charge in [0.05, 0.1) is 0 Å². The zero-order chi connectivity index (χ0) is 36.7. The summed E-state index contributed by atoms with van der Waals surface area (Å²) in [5.41, 5.74) is 15.0. The number of nitrogens with zero attached hydrogens (tertiary/aromatic N) is 1. The van der Waals surface area contributed by atoms with Crippen LogP contribution in [0.5, 0.6) is 0 Å². The lowest BCUT2D eigenvalue weighted by molar-refractivity contribution is 0.660. The minimum atomic E-state index is -0.115. The van der Waals surface area contributed by atoms with Crippen LogP contribution in [-0.2, 0) is 5.41 Å². The van der Waals surface area contributed by atoms with Crippen molar-refractivity contribution in [2.45, 2.75) is 19.3 Å². The van der Waals surface area contributed by atoms with Gasteiger partial charge in [-0.3, -0.25) is 0 Å². The lowest BCUT2D eigenvalue weighted by Gasteiger charge is -2.28. The van der Waals surface area contributed by atoms with E-state index in [9.17, 15) is 0 Å². The quantitative estimate of drug-likeness (QED) is 0.177. The van der Waals surface area contributed by atoms with Crippen LogP contribution in [0.15, 0.2) is 192 Å². The molecule has 55 heavy (non-hydrogen) atoms. The summed E-state index contributed by atoms with van der Waals surface area (Å²) in [6, 6.07) is 68.4. The number of benzene rings is 9. The van der Waals surface area contributed by atoms with E-state index in [1.54, 1.807) is 0 Å². The van der Waals surface area contributed by atoms with Crippen LogP contribution in [0.2, 0.25) is 0 Å². The summed E-state index contributed by atoms with van der Waals surface area (Å²) in [6.45, 7) is 4.70. The second kappa shape index (κ2) is 12.1. The summed E-state index contributed by atoms with van der Waals surface area (Å²) in [5.74, 6) is 0. The smallest absolute Gasteiger partial charge is 0.143 e. The molecule has 2 heteroatoms. The Morgan fingerprint density at radius 1 is 0.400 bits per heavy atom. The first kappa shape index (κ1) is 31.6. The molecule has 11 rings (SSSR count). The summed E-state index contributed by atoms with van der Waals surface area (Å²) in [4.78, 5) is 2.40. The van der Waals surface area contributed by atoms with Gasteiger partial charge in [-0.25, -0.2) is 0 Å². The van der Waals surface area contributed by atoms with Gasteiger partial charge in [0.2, 0.25) is 0 Å². The van der Waals surface area contributed by atoms with Crippen LogP contribution in [-0.4, -0.2) is 0 Å². The first-order valence-corrected chi connectivity index (χ1v) is 19.1. The van der Waals surface area contributed by atoms with Crippen molar-refractivity contribution in [2.24, 2.45) is 0 Å². The van der Waals surface area contributed by atoms with E-state index in [1.165, 1.54) is 54.9 Å². The van der Waals surface area contributed by atoms with E-state index in [4.69, 9.17) is 4.42 Å². The summed E-state index contributed by atoms with van der Waals surface area (Å²) in [7, 11) is 0. The average Bonchev–Trinajstić information content (AvgIpc) is 3.71. The molecular formula is C53H37NO. The SMILES string of the molecule is CC1(C)c2ccccc2-c2ccc(N(c3ccc(-c4ccccc4)cc3)c3ccc4oc5c(-c6ccc7ccccc7c6)c6ccccc6cc5c4c3)cc21. The maximum Gasteiger partial charge on any atom is 0.143 e. The fraction of sp³-hybridized carbons (Fsp3) is 0.0566. The molecule has 0 saturated heterocycles. The lowest BCUT2D eigenvalue weighted by Crippen LogP contribution is -2.16. The van der Waals surface area contributed by atoms with Gasteiger partial charge >= 0.3 is 0 Å². The number of hydrogen-bond acceptors (Lipinski definition) is 2. The highest BCUT2D eigenvalue weighted by Crippen LogP contribution is 2.51. The third kappa shape index (κ3) is 4.95. The zero-order valence-electron chi connectivity index (χ0n) is 30.8. The van der Waals surface area contributed by atoms with Crippen molar-refractivity contribution in [3.05, 3.63) is 199 Å². The number of anilines is 3. The van der Waals surface area contributed by atoms with E-state index >= 15 is 0 Å². The molecule has 0 N–H and O–H groups in total. The van der Waals surface area contributed by atoms with Gasteiger partial charge in [-0.05, 0) is 115 Å². The predicted molar refractivity (Wildman–Crippen MR) is 232 cm³/mol. The molecule has 0 amide bonds. The van der Waals surface area contributed by atoms with E-state index in [0.717, 1.165) is 50.1 Å². The van der Waals surface area contributed by atoms with E-state index in [2.05, 4.69) is 207 Å². The Hall–Kier alpha value is -6.90. The highest BCUT2D eigenvalue weighted by Gasteiger charge is 2.35.